The van der Waals surface area contributed by atoms with Crippen molar-refractivity contribution in [2.24, 2.45) is 0 Å². The highest BCUT2D eigenvalue weighted by Crippen LogP contribution is 2.20. The van der Waals surface area contributed by atoms with E-state index in [1.165, 1.54) is 23.4 Å². The van der Waals surface area contributed by atoms with E-state index in [0.29, 0.717) is 17.3 Å². The van der Waals surface area contributed by atoms with E-state index in [1.54, 1.807) is 12.1 Å². The highest BCUT2D eigenvalue weighted by atomic mass is 32.2. The molecule has 0 amide bonds. The second-order valence-electron chi connectivity index (χ2n) is 5.00. The minimum absolute atomic E-state index is 0.183. The number of nitrogens with zero attached hydrogens (tertiary/aromatic N) is 2. The molecule has 1 N–H and O–H groups in total. The molecule has 2 aromatic carbocycles. The summed E-state index contributed by atoms with van der Waals surface area (Å²) in [7, 11) is 0. The summed E-state index contributed by atoms with van der Waals surface area (Å²) in [6, 6.07) is 16.8. The van der Waals surface area contributed by atoms with Crippen LogP contribution in [0.4, 0.5) is 0 Å². The Kier molecular flexibility index (Phi) is 4.73. The molecule has 0 aliphatic heterocycles. The molecular formula is C17H14N3O2S-. The number of nitrogens with one attached hydrogen (secondary N) is 1. The van der Waals surface area contributed by atoms with Gasteiger partial charge in [0.05, 0.1) is 5.97 Å². The molecule has 0 saturated carbocycles. The third-order valence-corrected chi connectivity index (χ3v) is 4.17. The molecule has 3 rings (SSSR count). The average Bonchev–Trinajstić information content (AvgIpc) is 3.01. The zero-order valence-electron chi connectivity index (χ0n) is 12.2. The van der Waals surface area contributed by atoms with Crippen LogP contribution in [0.5, 0.6) is 0 Å². The smallest absolute Gasteiger partial charge is 0.208 e. The van der Waals surface area contributed by atoms with Crippen LogP contribution in [0.2, 0.25) is 0 Å². The lowest BCUT2D eigenvalue weighted by molar-refractivity contribution is -0.255. The van der Waals surface area contributed by atoms with Gasteiger partial charge in [-0.15, -0.1) is 5.10 Å². The Balaban J connectivity index is 1.61. The van der Waals surface area contributed by atoms with Gasteiger partial charge in [-0.3, -0.25) is 5.10 Å². The Morgan fingerprint density at radius 2 is 1.87 bits per heavy atom. The maximum absolute atomic E-state index is 10.9. The number of rotatable bonds is 6. The maximum Gasteiger partial charge on any atom is 0.208 e. The van der Waals surface area contributed by atoms with Crippen molar-refractivity contribution in [3.8, 4) is 0 Å². The molecule has 116 valence electrons. The van der Waals surface area contributed by atoms with Crippen molar-refractivity contribution in [1.82, 2.24) is 15.2 Å². The van der Waals surface area contributed by atoms with Crippen molar-refractivity contribution in [3.05, 3.63) is 77.1 Å². The highest BCUT2D eigenvalue weighted by Gasteiger charge is 2.06. The van der Waals surface area contributed by atoms with Crippen LogP contribution in [0.15, 0.2) is 59.8 Å². The molecule has 0 aliphatic carbocycles. The second-order valence-corrected chi connectivity index (χ2v) is 5.95. The second kappa shape index (κ2) is 7.11. The predicted molar refractivity (Wildman–Crippen MR) is 86.0 cm³/mol. The van der Waals surface area contributed by atoms with Gasteiger partial charge in [-0.2, -0.15) is 0 Å². The van der Waals surface area contributed by atoms with E-state index in [0.717, 1.165) is 11.4 Å². The van der Waals surface area contributed by atoms with Crippen molar-refractivity contribution in [3.63, 3.8) is 0 Å². The van der Waals surface area contributed by atoms with E-state index in [-0.39, 0.29) is 5.56 Å². The summed E-state index contributed by atoms with van der Waals surface area (Å²) in [5.41, 5.74) is 2.25. The number of carboxylic acids is 1. The van der Waals surface area contributed by atoms with Crippen LogP contribution in [-0.4, -0.2) is 21.2 Å². The molecule has 23 heavy (non-hydrogen) atoms. The van der Waals surface area contributed by atoms with Crippen LogP contribution < -0.4 is 5.11 Å². The fourth-order valence-electron chi connectivity index (χ4n) is 2.15. The first-order valence-electron chi connectivity index (χ1n) is 7.09. The van der Waals surface area contributed by atoms with Crippen molar-refractivity contribution < 1.29 is 9.90 Å². The summed E-state index contributed by atoms with van der Waals surface area (Å²) in [5.74, 6) is 0.242. The number of hydrogen-bond donors (Lipinski definition) is 1. The van der Waals surface area contributed by atoms with Crippen molar-refractivity contribution in [1.29, 1.82) is 0 Å². The van der Waals surface area contributed by atoms with Gasteiger partial charge in [-0.05, 0) is 22.8 Å². The fraction of sp³-hybridized carbons (Fsp3) is 0.118. The van der Waals surface area contributed by atoms with Gasteiger partial charge in [0.2, 0.25) is 5.16 Å². The summed E-state index contributed by atoms with van der Waals surface area (Å²) in [5, 5.41) is 18.6. The first-order valence-corrected chi connectivity index (χ1v) is 8.07. The topological polar surface area (TPSA) is 81.7 Å². The molecule has 0 radical (unpaired) electrons. The van der Waals surface area contributed by atoms with Crippen LogP contribution in [0, 0.1) is 0 Å². The zero-order valence-corrected chi connectivity index (χ0v) is 13.0. The quantitative estimate of drug-likeness (QED) is 0.702. The zero-order chi connectivity index (χ0) is 16.1. The monoisotopic (exact) mass is 324 g/mol. The van der Waals surface area contributed by atoms with Crippen LogP contribution in [0.25, 0.3) is 0 Å². The predicted octanol–water partition coefficient (Wildman–Crippen LogP) is 2.05. The average molecular weight is 324 g/mol. The van der Waals surface area contributed by atoms with Crippen LogP contribution in [-0.2, 0) is 12.2 Å². The van der Waals surface area contributed by atoms with Gasteiger partial charge in [-0.25, -0.2) is 4.98 Å². The van der Waals surface area contributed by atoms with Crippen molar-refractivity contribution >= 4 is 17.7 Å². The molecule has 5 nitrogen and oxygen atoms in total. The third kappa shape index (κ3) is 4.20. The van der Waals surface area contributed by atoms with Gasteiger partial charge in [0, 0.05) is 12.2 Å². The molecule has 3 aromatic rings. The summed E-state index contributed by atoms with van der Waals surface area (Å²) in [6.07, 6.45) is 0.703. The van der Waals surface area contributed by atoms with Crippen molar-refractivity contribution in [2.75, 3.05) is 0 Å². The molecule has 0 aliphatic rings. The van der Waals surface area contributed by atoms with Gasteiger partial charge in [0.25, 0.3) is 0 Å². The normalized spacial score (nSPS) is 10.6. The Bertz CT molecular complexity index is 802. The lowest BCUT2D eigenvalue weighted by Gasteiger charge is -2.04. The standard InChI is InChI=1S/C17H15N3O2S/c21-16(22)14-8-4-7-13(9-14)11-23-17-18-15(19-20-17)10-12-5-2-1-3-6-12/h1-9H,10-11H2,(H,21,22)(H,18,19,20)/p-1. The number of carbonyl (C=O) groups is 1. The van der Waals surface area contributed by atoms with Gasteiger partial charge in [0.15, 0.2) is 0 Å². The molecule has 0 bridgehead atoms. The van der Waals surface area contributed by atoms with E-state index in [2.05, 4.69) is 15.2 Å². The Labute approximate surface area is 137 Å². The summed E-state index contributed by atoms with van der Waals surface area (Å²) >= 11 is 1.46. The minimum atomic E-state index is -1.17. The fourth-order valence-corrected chi connectivity index (χ4v) is 2.91. The molecular weight excluding hydrogens is 310 g/mol. The number of hydrogen-bond acceptors (Lipinski definition) is 5. The molecule has 1 aromatic heterocycles. The lowest BCUT2D eigenvalue weighted by Crippen LogP contribution is -2.22. The number of carbonyl (C=O) groups excluding carboxylic acids is 1. The molecule has 0 unspecified atom stereocenters. The SMILES string of the molecule is O=C([O-])c1cccc(CSc2n[nH]c(Cc3ccccc3)n2)c1. The third-order valence-electron chi connectivity index (χ3n) is 3.26. The van der Waals surface area contributed by atoms with Crippen molar-refractivity contribution in [2.45, 2.75) is 17.3 Å². The van der Waals surface area contributed by atoms with Crippen LogP contribution >= 0.6 is 11.8 Å². The number of carboxylic acid groups (broad SMARTS) is 1. The number of aromatic nitrogens is 3. The number of H-pyrrole nitrogens is 1. The molecule has 0 saturated heterocycles. The van der Waals surface area contributed by atoms with Crippen LogP contribution in [0.1, 0.15) is 27.3 Å². The number of aromatic amines is 1. The first kappa shape index (κ1) is 15.3. The molecule has 0 atom stereocenters. The molecule has 1 heterocycles. The molecule has 0 fully saturated rings. The molecule has 6 heteroatoms. The Morgan fingerprint density at radius 1 is 1.09 bits per heavy atom. The van der Waals surface area contributed by atoms with E-state index < -0.39 is 5.97 Å². The van der Waals surface area contributed by atoms with Gasteiger partial charge in [0.1, 0.15) is 5.82 Å². The summed E-state index contributed by atoms with van der Waals surface area (Å²) < 4.78 is 0. The van der Waals surface area contributed by atoms with E-state index in [4.69, 9.17) is 0 Å². The lowest BCUT2D eigenvalue weighted by atomic mass is 10.1. The Morgan fingerprint density at radius 3 is 2.65 bits per heavy atom. The maximum atomic E-state index is 10.9. The number of benzene rings is 2. The number of aromatic carboxylic acids is 1. The van der Waals surface area contributed by atoms with E-state index in [1.807, 2.05) is 36.4 Å². The van der Waals surface area contributed by atoms with Gasteiger partial charge >= 0.3 is 0 Å². The minimum Gasteiger partial charge on any atom is -0.545 e. The van der Waals surface area contributed by atoms with Gasteiger partial charge in [-0.1, -0.05) is 60.3 Å². The summed E-state index contributed by atoms with van der Waals surface area (Å²) in [4.78, 5) is 15.3. The van der Waals surface area contributed by atoms with E-state index >= 15 is 0 Å². The largest absolute Gasteiger partial charge is 0.545 e. The molecule has 0 spiro atoms. The van der Waals surface area contributed by atoms with E-state index in [9.17, 15) is 9.90 Å². The Hall–Kier alpha value is -2.60. The highest BCUT2D eigenvalue weighted by molar-refractivity contribution is 7.98. The van der Waals surface area contributed by atoms with Gasteiger partial charge < -0.3 is 9.90 Å². The first-order chi connectivity index (χ1) is 11.2. The van der Waals surface area contributed by atoms with Crippen LogP contribution in [0.3, 0.4) is 0 Å². The summed E-state index contributed by atoms with van der Waals surface area (Å²) in [6.45, 7) is 0. The number of thioether (sulfide) groups is 1.